The highest BCUT2D eigenvalue weighted by Gasteiger charge is 2.45. The quantitative estimate of drug-likeness (QED) is 0.878. The fraction of sp³-hybridized carbons (Fsp3) is 0.467. The molecule has 1 fully saturated rings. The normalized spacial score (nSPS) is 17.9. The molecule has 0 heterocycles. The van der Waals surface area contributed by atoms with Crippen molar-refractivity contribution in [2.45, 2.75) is 44.1 Å². The van der Waals surface area contributed by atoms with Gasteiger partial charge in [-0.2, -0.15) is 0 Å². The summed E-state index contributed by atoms with van der Waals surface area (Å²) in [5, 5.41) is 12.2. The minimum absolute atomic E-state index is 0.0670. The van der Waals surface area contributed by atoms with Gasteiger partial charge in [0.15, 0.2) is 0 Å². The van der Waals surface area contributed by atoms with Crippen LogP contribution in [0.25, 0.3) is 0 Å². The summed E-state index contributed by atoms with van der Waals surface area (Å²) in [6.45, 7) is 1.71. The summed E-state index contributed by atoms with van der Waals surface area (Å²) in [4.78, 5) is 23.2. The molecule has 0 saturated heterocycles. The third kappa shape index (κ3) is 2.96. The Morgan fingerprint density at radius 1 is 1.35 bits per heavy atom. The van der Waals surface area contributed by atoms with Gasteiger partial charge in [0.1, 0.15) is 0 Å². The molecular formula is C15H18ClNO3. The molecule has 108 valence electrons. The summed E-state index contributed by atoms with van der Waals surface area (Å²) < 4.78 is 0. The number of benzene rings is 1. The van der Waals surface area contributed by atoms with Crippen LogP contribution in [0.4, 0.5) is 0 Å². The van der Waals surface area contributed by atoms with E-state index in [1.165, 1.54) is 0 Å². The highest BCUT2D eigenvalue weighted by Crippen LogP contribution is 2.44. The first-order valence-electron chi connectivity index (χ1n) is 6.73. The highest BCUT2D eigenvalue weighted by molar-refractivity contribution is 6.30. The Morgan fingerprint density at radius 2 is 1.95 bits per heavy atom. The maximum absolute atomic E-state index is 12.5. The molecule has 1 amide bonds. The monoisotopic (exact) mass is 295 g/mol. The number of hydrogen-bond acceptors (Lipinski definition) is 2. The number of nitrogens with one attached hydrogen (secondary N) is 1. The predicted molar refractivity (Wildman–Crippen MR) is 76.8 cm³/mol. The fourth-order valence-corrected chi connectivity index (χ4v) is 2.75. The zero-order valence-corrected chi connectivity index (χ0v) is 12.1. The van der Waals surface area contributed by atoms with Crippen LogP contribution in [0.3, 0.4) is 0 Å². The molecule has 1 aromatic rings. The van der Waals surface area contributed by atoms with Crippen molar-refractivity contribution in [2.75, 3.05) is 0 Å². The van der Waals surface area contributed by atoms with E-state index in [-0.39, 0.29) is 18.4 Å². The molecule has 0 aromatic heterocycles. The van der Waals surface area contributed by atoms with Crippen LogP contribution in [-0.4, -0.2) is 23.0 Å². The molecule has 20 heavy (non-hydrogen) atoms. The maximum Gasteiger partial charge on any atom is 0.305 e. The Labute approximate surface area is 123 Å². The van der Waals surface area contributed by atoms with Gasteiger partial charge < -0.3 is 10.4 Å². The molecule has 1 aromatic carbocycles. The summed E-state index contributed by atoms with van der Waals surface area (Å²) in [6.07, 6.45) is 2.52. The van der Waals surface area contributed by atoms with Gasteiger partial charge in [-0.25, -0.2) is 0 Å². The van der Waals surface area contributed by atoms with E-state index in [0.717, 1.165) is 24.8 Å². The number of carboxylic acid groups (broad SMARTS) is 1. The molecule has 0 bridgehead atoms. The second-order valence-corrected chi connectivity index (χ2v) is 5.85. The average molecular weight is 296 g/mol. The van der Waals surface area contributed by atoms with Crippen molar-refractivity contribution < 1.29 is 14.7 Å². The van der Waals surface area contributed by atoms with Crippen LogP contribution in [0.15, 0.2) is 24.3 Å². The molecule has 1 atom stereocenters. The number of carboxylic acids is 1. The van der Waals surface area contributed by atoms with Crippen molar-refractivity contribution in [1.82, 2.24) is 5.32 Å². The minimum Gasteiger partial charge on any atom is -0.481 e. The Kier molecular flexibility index (Phi) is 4.33. The average Bonchev–Trinajstić information content (AvgIpc) is 2.28. The number of carbonyl (C=O) groups is 2. The lowest BCUT2D eigenvalue weighted by atomic mass is 9.63. The lowest BCUT2D eigenvalue weighted by Crippen LogP contribution is -2.51. The van der Waals surface area contributed by atoms with Crippen molar-refractivity contribution in [3.05, 3.63) is 34.9 Å². The summed E-state index contributed by atoms with van der Waals surface area (Å²) in [7, 11) is 0. The van der Waals surface area contributed by atoms with Crippen molar-refractivity contribution in [1.29, 1.82) is 0 Å². The van der Waals surface area contributed by atoms with Crippen LogP contribution >= 0.6 is 11.6 Å². The molecule has 1 aliphatic rings. The maximum atomic E-state index is 12.5. The van der Waals surface area contributed by atoms with E-state index in [4.69, 9.17) is 16.7 Å². The lowest BCUT2D eigenvalue weighted by Gasteiger charge is -2.41. The van der Waals surface area contributed by atoms with Crippen LogP contribution in [0, 0.1) is 0 Å². The Hall–Kier alpha value is -1.55. The van der Waals surface area contributed by atoms with E-state index in [0.29, 0.717) is 5.02 Å². The van der Waals surface area contributed by atoms with Crippen LogP contribution in [0.1, 0.15) is 38.2 Å². The molecule has 0 aliphatic heterocycles. The first-order valence-corrected chi connectivity index (χ1v) is 7.11. The summed E-state index contributed by atoms with van der Waals surface area (Å²) in [5.74, 6) is -0.994. The number of hydrogen-bond donors (Lipinski definition) is 2. The molecule has 5 heteroatoms. The van der Waals surface area contributed by atoms with Crippen molar-refractivity contribution in [2.24, 2.45) is 0 Å². The van der Waals surface area contributed by atoms with E-state index >= 15 is 0 Å². The molecular weight excluding hydrogens is 278 g/mol. The second-order valence-electron chi connectivity index (χ2n) is 5.41. The van der Waals surface area contributed by atoms with Crippen LogP contribution in [-0.2, 0) is 15.0 Å². The van der Waals surface area contributed by atoms with Gasteiger partial charge in [0.2, 0.25) is 5.91 Å². The molecule has 0 spiro atoms. The molecule has 1 aliphatic carbocycles. The van der Waals surface area contributed by atoms with Crippen LogP contribution < -0.4 is 5.32 Å². The first-order chi connectivity index (χ1) is 9.44. The fourth-order valence-electron chi connectivity index (χ4n) is 2.62. The number of carbonyl (C=O) groups excluding carboxylic acids is 1. The molecule has 2 N–H and O–H groups in total. The molecule has 0 radical (unpaired) electrons. The smallest absolute Gasteiger partial charge is 0.305 e. The van der Waals surface area contributed by atoms with Gasteiger partial charge in [-0.3, -0.25) is 9.59 Å². The van der Waals surface area contributed by atoms with Crippen molar-refractivity contribution in [3.63, 3.8) is 0 Å². The van der Waals surface area contributed by atoms with E-state index in [1.807, 2.05) is 12.1 Å². The Balaban J connectivity index is 2.12. The van der Waals surface area contributed by atoms with E-state index in [1.54, 1.807) is 19.1 Å². The van der Waals surface area contributed by atoms with Gasteiger partial charge in [-0.1, -0.05) is 30.2 Å². The van der Waals surface area contributed by atoms with Crippen molar-refractivity contribution in [3.8, 4) is 0 Å². The third-order valence-electron chi connectivity index (χ3n) is 3.90. The minimum atomic E-state index is -0.910. The number of rotatable bonds is 5. The zero-order valence-electron chi connectivity index (χ0n) is 11.4. The zero-order chi connectivity index (χ0) is 14.8. The SMILES string of the molecule is CC(CC(=O)O)NC(=O)C1(c2ccc(Cl)cc2)CCC1. The van der Waals surface area contributed by atoms with E-state index < -0.39 is 11.4 Å². The van der Waals surface area contributed by atoms with E-state index in [9.17, 15) is 9.59 Å². The van der Waals surface area contributed by atoms with Gasteiger partial charge in [0.05, 0.1) is 11.8 Å². The lowest BCUT2D eigenvalue weighted by molar-refractivity contribution is -0.138. The summed E-state index contributed by atoms with van der Waals surface area (Å²) in [6, 6.07) is 6.95. The standard InChI is InChI=1S/C15H18ClNO3/c1-10(9-13(18)19)17-14(20)15(7-2-8-15)11-3-5-12(16)6-4-11/h3-6,10H,2,7-9H2,1H3,(H,17,20)(H,18,19). The van der Waals surface area contributed by atoms with Gasteiger partial charge in [-0.05, 0) is 37.5 Å². The van der Waals surface area contributed by atoms with Gasteiger partial charge >= 0.3 is 5.97 Å². The second kappa shape index (κ2) is 5.83. The highest BCUT2D eigenvalue weighted by atomic mass is 35.5. The molecule has 2 rings (SSSR count). The van der Waals surface area contributed by atoms with Crippen molar-refractivity contribution >= 4 is 23.5 Å². The van der Waals surface area contributed by atoms with Gasteiger partial charge in [0, 0.05) is 11.1 Å². The van der Waals surface area contributed by atoms with Crippen LogP contribution in [0.2, 0.25) is 5.02 Å². The molecule has 1 saturated carbocycles. The number of halogens is 1. The summed E-state index contributed by atoms with van der Waals surface area (Å²) >= 11 is 5.88. The first kappa shape index (κ1) is 14.9. The predicted octanol–water partition coefficient (Wildman–Crippen LogP) is 2.74. The number of amides is 1. The molecule has 4 nitrogen and oxygen atoms in total. The summed E-state index contributed by atoms with van der Waals surface area (Å²) in [5.41, 5.74) is 0.435. The third-order valence-corrected chi connectivity index (χ3v) is 4.15. The van der Waals surface area contributed by atoms with E-state index in [2.05, 4.69) is 5.32 Å². The van der Waals surface area contributed by atoms with Gasteiger partial charge in [0.25, 0.3) is 0 Å². The van der Waals surface area contributed by atoms with Crippen LogP contribution in [0.5, 0.6) is 0 Å². The number of aliphatic carboxylic acids is 1. The topological polar surface area (TPSA) is 66.4 Å². The molecule has 1 unspecified atom stereocenters. The Bertz CT molecular complexity index is 508. The largest absolute Gasteiger partial charge is 0.481 e. The Morgan fingerprint density at radius 3 is 2.40 bits per heavy atom. The van der Waals surface area contributed by atoms with Gasteiger partial charge in [-0.15, -0.1) is 0 Å².